The van der Waals surface area contributed by atoms with Crippen molar-refractivity contribution in [1.29, 1.82) is 0 Å². The van der Waals surface area contributed by atoms with E-state index in [1.807, 2.05) is 36.7 Å². The molecule has 3 nitrogen and oxygen atoms in total. The Bertz CT molecular complexity index is 540. The molecular weight excluding hydrogens is 236 g/mol. The first kappa shape index (κ1) is 13.6. The molecule has 0 bridgehead atoms. The molecule has 0 radical (unpaired) electrons. The van der Waals surface area contributed by atoms with Crippen molar-refractivity contribution in [2.75, 3.05) is 13.7 Å². The Hall–Kier alpha value is -1.87. The first-order chi connectivity index (χ1) is 9.26. The molecule has 0 fully saturated rings. The van der Waals surface area contributed by atoms with E-state index in [-0.39, 0.29) is 0 Å². The zero-order valence-corrected chi connectivity index (χ0v) is 11.5. The summed E-state index contributed by atoms with van der Waals surface area (Å²) in [6.07, 6.45) is 4.76. The average molecular weight is 256 g/mol. The van der Waals surface area contributed by atoms with Gasteiger partial charge in [-0.2, -0.15) is 0 Å². The van der Waals surface area contributed by atoms with Crippen LogP contribution in [0.3, 0.4) is 0 Å². The molecule has 0 spiro atoms. The van der Waals surface area contributed by atoms with Gasteiger partial charge in [0.1, 0.15) is 5.75 Å². The van der Waals surface area contributed by atoms with E-state index in [2.05, 4.69) is 18.0 Å². The van der Waals surface area contributed by atoms with Crippen LogP contribution in [-0.4, -0.2) is 18.6 Å². The van der Waals surface area contributed by atoms with Gasteiger partial charge in [-0.15, -0.1) is 0 Å². The summed E-state index contributed by atoms with van der Waals surface area (Å²) in [6, 6.07) is 10.2. The van der Waals surface area contributed by atoms with Gasteiger partial charge in [0.2, 0.25) is 0 Å². The number of methoxy groups -OCH3 is 1. The van der Waals surface area contributed by atoms with E-state index < -0.39 is 0 Å². The van der Waals surface area contributed by atoms with Crippen molar-refractivity contribution in [3.05, 3.63) is 48.3 Å². The second-order valence-corrected chi connectivity index (χ2v) is 4.69. The third-order valence-corrected chi connectivity index (χ3v) is 3.35. The molecule has 2 aromatic rings. The molecular formula is C16H20N2O. The van der Waals surface area contributed by atoms with Crippen molar-refractivity contribution in [1.82, 2.24) is 4.98 Å². The van der Waals surface area contributed by atoms with E-state index in [1.54, 1.807) is 7.11 Å². The number of benzene rings is 1. The molecule has 1 heterocycles. The fourth-order valence-electron chi connectivity index (χ4n) is 2.17. The van der Waals surface area contributed by atoms with Crippen LogP contribution < -0.4 is 10.5 Å². The van der Waals surface area contributed by atoms with Crippen molar-refractivity contribution in [2.45, 2.75) is 19.3 Å². The molecule has 2 rings (SSSR count). The molecule has 0 aliphatic rings. The summed E-state index contributed by atoms with van der Waals surface area (Å²) in [5, 5.41) is 0. The predicted octanol–water partition coefficient (Wildman–Crippen LogP) is 3.21. The molecule has 0 aliphatic carbocycles. The van der Waals surface area contributed by atoms with Gasteiger partial charge < -0.3 is 10.5 Å². The lowest BCUT2D eigenvalue weighted by molar-refractivity contribution is 0.416. The number of para-hydroxylation sites is 1. The molecule has 1 unspecified atom stereocenters. The fourth-order valence-corrected chi connectivity index (χ4v) is 2.17. The Morgan fingerprint density at radius 1 is 1.26 bits per heavy atom. The van der Waals surface area contributed by atoms with Gasteiger partial charge in [-0.1, -0.05) is 25.1 Å². The highest BCUT2D eigenvalue weighted by molar-refractivity contribution is 5.70. The van der Waals surface area contributed by atoms with E-state index in [0.29, 0.717) is 12.5 Å². The first-order valence-corrected chi connectivity index (χ1v) is 6.54. The second-order valence-electron chi connectivity index (χ2n) is 4.69. The Kier molecular flexibility index (Phi) is 4.53. The smallest absolute Gasteiger partial charge is 0.126 e. The molecule has 1 aromatic carbocycles. The lowest BCUT2D eigenvalue weighted by Crippen LogP contribution is -2.05. The number of aromatic nitrogens is 1. The van der Waals surface area contributed by atoms with Crippen LogP contribution in [0, 0.1) is 0 Å². The average Bonchev–Trinajstić information content (AvgIpc) is 2.47. The molecule has 100 valence electrons. The van der Waals surface area contributed by atoms with Gasteiger partial charge in [0.05, 0.1) is 7.11 Å². The maximum absolute atomic E-state index is 5.62. The van der Waals surface area contributed by atoms with E-state index in [9.17, 15) is 0 Å². The van der Waals surface area contributed by atoms with E-state index in [4.69, 9.17) is 10.5 Å². The fraction of sp³-hybridized carbons (Fsp3) is 0.312. The van der Waals surface area contributed by atoms with Gasteiger partial charge in [-0.3, -0.25) is 4.98 Å². The number of hydrogen-bond donors (Lipinski definition) is 1. The largest absolute Gasteiger partial charge is 0.496 e. The van der Waals surface area contributed by atoms with E-state index in [1.165, 1.54) is 5.56 Å². The molecule has 1 atom stereocenters. The van der Waals surface area contributed by atoms with Crippen LogP contribution in [0.2, 0.25) is 0 Å². The highest BCUT2D eigenvalue weighted by Gasteiger charge is 2.09. The van der Waals surface area contributed by atoms with Gasteiger partial charge in [-0.25, -0.2) is 0 Å². The minimum atomic E-state index is 0.423. The van der Waals surface area contributed by atoms with Gasteiger partial charge in [0.15, 0.2) is 0 Å². The van der Waals surface area contributed by atoms with E-state index in [0.717, 1.165) is 23.3 Å². The maximum Gasteiger partial charge on any atom is 0.126 e. The molecule has 1 aromatic heterocycles. The molecule has 3 heteroatoms. The van der Waals surface area contributed by atoms with Crippen molar-refractivity contribution >= 4 is 0 Å². The second kappa shape index (κ2) is 6.34. The normalized spacial score (nSPS) is 12.2. The maximum atomic E-state index is 5.62. The van der Waals surface area contributed by atoms with E-state index >= 15 is 0 Å². The number of rotatable bonds is 5. The minimum absolute atomic E-state index is 0.423. The summed E-state index contributed by atoms with van der Waals surface area (Å²) in [6.45, 7) is 2.87. The van der Waals surface area contributed by atoms with Crippen LogP contribution in [0.4, 0.5) is 0 Å². The number of ether oxygens (including phenoxy) is 1. The van der Waals surface area contributed by atoms with Crippen molar-refractivity contribution in [3.63, 3.8) is 0 Å². The molecule has 0 amide bonds. The summed E-state index contributed by atoms with van der Waals surface area (Å²) < 4.78 is 5.40. The summed E-state index contributed by atoms with van der Waals surface area (Å²) in [7, 11) is 1.69. The van der Waals surface area contributed by atoms with Gasteiger partial charge in [0.25, 0.3) is 0 Å². The number of hydrogen-bond acceptors (Lipinski definition) is 3. The topological polar surface area (TPSA) is 48.1 Å². The SMILES string of the molecule is COc1ccccc1-c1cncc(C(C)CCN)c1. The number of nitrogens with zero attached hydrogens (tertiary/aromatic N) is 1. The highest BCUT2D eigenvalue weighted by atomic mass is 16.5. The summed E-state index contributed by atoms with van der Waals surface area (Å²) in [5.41, 5.74) is 8.99. The van der Waals surface area contributed by atoms with Crippen LogP contribution in [0.1, 0.15) is 24.8 Å². The molecule has 0 saturated heterocycles. The summed E-state index contributed by atoms with van der Waals surface area (Å²) in [4.78, 5) is 4.34. The van der Waals surface area contributed by atoms with Crippen molar-refractivity contribution in [2.24, 2.45) is 5.73 Å². The van der Waals surface area contributed by atoms with Crippen LogP contribution in [0.25, 0.3) is 11.1 Å². The summed E-state index contributed by atoms with van der Waals surface area (Å²) >= 11 is 0. The molecule has 2 N–H and O–H groups in total. The third-order valence-electron chi connectivity index (χ3n) is 3.35. The number of pyridine rings is 1. The Morgan fingerprint density at radius 3 is 2.79 bits per heavy atom. The van der Waals surface area contributed by atoms with Gasteiger partial charge in [0, 0.05) is 23.5 Å². The van der Waals surface area contributed by atoms with Crippen LogP contribution >= 0.6 is 0 Å². The molecule has 19 heavy (non-hydrogen) atoms. The zero-order valence-electron chi connectivity index (χ0n) is 11.5. The van der Waals surface area contributed by atoms with Crippen molar-refractivity contribution < 1.29 is 4.74 Å². The Balaban J connectivity index is 2.37. The van der Waals surface area contributed by atoms with Crippen LogP contribution in [-0.2, 0) is 0 Å². The molecule has 0 saturated carbocycles. The minimum Gasteiger partial charge on any atom is -0.496 e. The predicted molar refractivity (Wildman–Crippen MR) is 78.3 cm³/mol. The standard InChI is InChI=1S/C16H20N2O/c1-12(7-8-17)13-9-14(11-18-10-13)15-5-3-4-6-16(15)19-2/h3-6,9-12H,7-8,17H2,1-2H3. The molecule has 0 aliphatic heterocycles. The number of nitrogens with two attached hydrogens (primary N) is 1. The van der Waals surface area contributed by atoms with Crippen LogP contribution in [0.15, 0.2) is 42.7 Å². The van der Waals surface area contributed by atoms with Crippen molar-refractivity contribution in [3.8, 4) is 16.9 Å². The lowest BCUT2D eigenvalue weighted by atomic mass is 9.96. The third kappa shape index (κ3) is 3.12. The Morgan fingerprint density at radius 2 is 2.05 bits per heavy atom. The Labute approximate surface area is 114 Å². The summed E-state index contributed by atoms with van der Waals surface area (Å²) in [5.74, 6) is 1.29. The zero-order chi connectivity index (χ0) is 13.7. The monoisotopic (exact) mass is 256 g/mol. The lowest BCUT2D eigenvalue weighted by Gasteiger charge is -2.13. The first-order valence-electron chi connectivity index (χ1n) is 6.54. The highest BCUT2D eigenvalue weighted by Crippen LogP contribution is 2.31. The van der Waals surface area contributed by atoms with Crippen LogP contribution in [0.5, 0.6) is 5.75 Å². The quantitative estimate of drug-likeness (QED) is 0.893. The van der Waals surface area contributed by atoms with Gasteiger partial charge >= 0.3 is 0 Å². The van der Waals surface area contributed by atoms with Gasteiger partial charge in [-0.05, 0) is 36.6 Å².